The van der Waals surface area contributed by atoms with Crippen molar-refractivity contribution in [2.24, 2.45) is 5.92 Å². The molecule has 0 aromatic heterocycles. The highest BCUT2D eigenvalue weighted by Gasteiger charge is 2.26. The Kier molecular flexibility index (Phi) is 3.33. The average Bonchev–Trinajstić information content (AvgIpc) is 2.70. The lowest BCUT2D eigenvalue weighted by atomic mass is 10.0. The Bertz CT molecular complexity index is 245. The highest BCUT2D eigenvalue weighted by Crippen LogP contribution is 2.13. The van der Waals surface area contributed by atoms with E-state index in [1.54, 1.807) is 0 Å². The molecule has 2 fully saturated rings. The van der Waals surface area contributed by atoms with Gasteiger partial charge in [-0.2, -0.15) is 0 Å². The van der Waals surface area contributed by atoms with E-state index in [0.29, 0.717) is 25.6 Å². The topological polar surface area (TPSA) is 61.4 Å². The molecule has 5 nitrogen and oxygen atoms in total. The lowest BCUT2D eigenvalue weighted by Gasteiger charge is -2.26. The first-order valence-electron chi connectivity index (χ1n) is 5.52. The van der Waals surface area contributed by atoms with Crippen LogP contribution in [0.4, 0.5) is 0 Å². The summed E-state index contributed by atoms with van der Waals surface area (Å²) in [6, 6.07) is 0. The zero-order chi connectivity index (χ0) is 10.7. The van der Waals surface area contributed by atoms with Crippen molar-refractivity contribution in [2.45, 2.75) is 12.8 Å². The number of carbonyl (C=O) groups excluding carboxylic acids is 2. The molecule has 1 atom stereocenters. The van der Waals surface area contributed by atoms with Gasteiger partial charge in [0.25, 0.3) is 0 Å². The fourth-order valence-electron chi connectivity index (χ4n) is 2.13. The van der Waals surface area contributed by atoms with Gasteiger partial charge >= 0.3 is 0 Å². The van der Waals surface area contributed by atoms with Crippen LogP contribution in [0.3, 0.4) is 0 Å². The molecule has 0 radical (unpaired) electrons. The van der Waals surface area contributed by atoms with Crippen LogP contribution in [-0.4, -0.2) is 49.4 Å². The molecule has 2 heterocycles. The van der Waals surface area contributed by atoms with Crippen molar-refractivity contribution in [1.29, 1.82) is 0 Å². The Hall–Kier alpha value is -0.940. The Morgan fingerprint density at radius 2 is 1.93 bits per heavy atom. The summed E-state index contributed by atoms with van der Waals surface area (Å²) in [5.74, 6) is 0.454. The number of piperazine rings is 1. The fourth-order valence-corrected chi connectivity index (χ4v) is 2.13. The normalized spacial score (nSPS) is 27.5. The van der Waals surface area contributed by atoms with Crippen molar-refractivity contribution in [2.75, 3.05) is 32.7 Å². The summed E-state index contributed by atoms with van der Waals surface area (Å²) in [4.78, 5) is 24.3. The minimum Gasteiger partial charge on any atom is -0.316 e. The summed E-state index contributed by atoms with van der Waals surface area (Å²) in [7, 11) is 0. The minimum atomic E-state index is -0.0859. The van der Waals surface area contributed by atoms with E-state index < -0.39 is 0 Å². The molecule has 2 rings (SSSR count). The maximum absolute atomic E-state index is 11.4. The van der Waals surface area contributed by atoms with Crippen LogP contribution in [0, 0.1) is 5.92 Å². The summed E-state index contributed by atoms with van der Waals surface area (Å²) < 4.78 is 0. The van der Waals surface area contributed by atoms with E-state index in [-0.39, 0.29) is 11.8 Å². The van der Waals surface area contributed by atoms with Crippen molar-refractivity contribution >= 4 is 11.8 Å². The van der Waals surface area contributed by atoms with E-state index in [4.69, 9.17) is 0 Å². The standard InChI is InChI=1S/C10H17N3O2/c14-9-6-12-7-10(15)13(9)4-2-8-1-3-11-5-8/h8,11-12H,1-7H2. The molecule has 0 aromatic carbocycles. The van der Waals surface area contributed by atoms with Gasteiger partial charge in [0.05, 0.1) is 13.1 Å². The summed E-state index contributed by atoms with van der Waals surface area (Å²) in [5, 5.41) is 6.07. The van der Waals surface area contributed by atoms with Crippen LogP contribution in [-0.2, 0) is 9.59 Å². The first kappa shape index (κ1) is 10.6. The number of hydrogen-bond donors (Lipinski definition) is 2. The van der Waals surface area contributed by atoms with Crippen molar-refractivity contribution in [3.05, 3.63) is 0 Å². The SMILES string of the molecule is O=C1CNCC(=O)N1CCC1CCNC1. The van der Waals surface area contributed by atoms with Crippen LogP contribution < -0.4 is 10.6 Å². The van der Waals surface area contributed by atoms with Gasteiger partial charge < -0.3 is 5.32 Å². The number of carbonyl (C=O) groups is 2. The van der Waals surface area contributed by atoms with E-state index in [1.165, 1.54) is 4.90 Å². The van der Waals surface area contributed by atoms with E-state index in [1.807, 2.05) is 0 Å². The molecular weight excluding hydrogens is 194 g/mol. The maximum atomic E-state index is 11.4. The highest BCUT2D eigenvalue weighted by molar-refractivity contribution is 5.99. The zero-order valence-electron chi connectivity index (χ0n) is 8.79. The Balaban J connectivity index is 1.81. The second kappa shape index (κ2) is 4.72. The summed E-state index contributed by atoms with van der Waals surface area (Å²) >= 11 is 0. The molecule has 0 aliphatic carbocycles. The van der Waals surface area contributed by atoms with Gasteiger partial charge in [-0.05, 0) is 31.8 Å². The Morgan fingerprint density at radius 3 is 2.53 bits per heavy atom. The molecule has 0 saturated carbocycles. The van der Waals surface area contributed by atoms with Crippen molar-refractivity contribution in [3.8, 4) is 0 Å². The minimum absolute atomic E-state index is 0.0859. The van der Waals surface area contributed by atoms with E-state index in [2.05, 4.69) is 10.6 Å². The third-order valence-corrected chi connectivity index (χ3v) is 3.08. The monoisotopic (exact) mass is 211 g/mol. The number of hydrogen-bond acceptors (Lipinski definition) is 4. The number of amides is 2. The molecule has 0 spiro atoms. The quantitative estimate of drug-likeness (QED) is 0.584. The third kappa shape index (κ3) is 2.54. The van der Waals surface area contributed by atoms with Crippen LogP contribution in [0.1, 0.15) is 12.8 Å². The molecule has 2 amide bonds. The molecular formula is C10H17N3O2. The molecule has 2 aliphatic rings. The summed E-state index contributed by atoms with van der Waals surface area (Å²) in [6.45, 7) is 3.28. The summed E-state index contributed by atoms with van der Waals surface area (Å²) in [6.07, 6.45) is 2.10. The van der Waals surface area contributed by atoms with E-state index in [9.17, 15) is 9.59 Å². The van der Waals surface area contributed by atoms with Gasteiger partial charge in [-0.3, -0.25) is 19.8 Å². The van der Waals surface area contributed by atoms with Crippen LogP contribution in [0.5, 0.6) is 0 Å². The molecule has 1 unspecified atom stereocenters. The van der Waals surface area contributed by atoms with Crippen molar-refractivity contribution < 1.29 is 9.59 Å². The van der Waals surface area contributed by atoms with Gasteiger partial charge in [-0.15, -0.1) is 0 Å². The van der Waals surface area contributed by atoms with Crippen LogP contribution >= 0.6 is 0 Å². The van der Waals surface area contributed by atoms with Gasteiger partial charge in [0.1, 0.15) is 0 Å². The molecule has 84 valence electrons. The molecule has 15 heavy (non-hydrogen) atoms. The second-order valence-electron chi connectivity index (χ2n) is 4.19. The van der Waals surface area contributed by atoms with Crippen LogP contribution in [0.15, 0.2) is 0 Å². The molecule has 0 bridgehead atoms. The van der Waals surface area contributed by atoms with E-state index in [0.717, 1.165) is 25.9 Å². The number of nitrogens with zero attached hydrogens (tertiary/aromatic N) is 1. The first-order valence-corrected chi connectivity index (χ1v) is 5.52. The van der Waals surface area contributed by atoms with Gasteiger partial charge in [-0.25, -0.2) is 0 Å². The molecule has 5 heteroatoms. The van der Waals surface area contributed by atoms with Gasteiger partial charge in [0.2, 0.25) is 11.8 Å². The molecule has 2 aliphatic heterocycles. The van der Waals surface area contributed by atoms with Crippen LogP contribution in [0.25, 0.3) is 0 Å². The molecule has 0 aromatic rings. The average molecular weight is 211 g/mol. The molecule has 2 N–H and O–H groups in total. The van der Waals surface area contributed by atoms with Gasteiger partial charge in [-0.1, -0.05) is 0 Å². The number of rotatable bonds is 3. The van der Waals surface area contributed by atoms with Crippen molar-refractivity contribution in [1.82, 2.24) is 15.5 Å². The van der Waals surface area contributed by atoms with Crippen LogP contribution in [0.2, 0.25) is 0 Å². The third-order valence-electron chi connectivity index (χ3n) is 3.08. The maximum Gasteiger partial charge on any atom is 0.243 e. The van der Waals surface area contributed by atoms with Crippen molar-refractivity contribution in [3.63, 3.8) is 0 Å². The van der Waals surface area contributed by atoms with Gasteiger partial charge in [0.15, 0.2) is 0 Å². The summed E-state index contributed by atoms with van der Waals surface area (Å²) in [5.41, 5.74) is 0. The predicted octanol–water partition coefficient (Wildman–Crippen LogP) is -1.06. The Labute approximate surface area is 89.2 Å². The second-order valence-corrected chi connectivity index (χ2v) is 4.19. The zero-order valence-corrected chi connectivity index (χ0v) is 8.79. The smallest absolute Gasteiger partial charge is 0.243 e. The highest BCUT2D eigenvalue weighted by atomic mass is 16.2. The van der Waals surface area contributed by atoms with E-state index >= 15 is 0 Å². The van der Waals surface area contributed by atoms with Gasteiger partial charge in [0, 0.05) is 6.54 Å². The first-order chi connectivity index (χ1) is 7.27. The lowest BCUT2D eigenvalue weighted by molar-refractivity contribution is -0.146. The number of imide groups is 1. The predicted molar refractivity (Wildman–Crippen MR) is 55.2 cm³/mol. The number of nitrogens with one attached hydrogen (secondary N) is 2. The fraction of sp³-hybridized carbons (Fsp3) is 0.800. The largest absolute Gasteiger partial charge is 0.316 e. The Morgan fingerprint density at radius 1 is 1.20 bits per heavy atom. The lowest BCUT2D eigenvalue weighted by Crippen LogP contribution is -2.52. The molecule has 2 saturated heterocycles.